The van der Waals surface area contributed by atoms with Crippen LogP contribution < -0.4 is 5.32 Å². The number of aliphatic hydroxyl groups excluding tert-OH is 5. The van der Waals surface area contributed by atoms with Gasteiger partial charge in [-0.2, -0.15) is 0 Å². The summed E-state index contributed by atoms with van der Waals surface area (Å²) in [7, 11) is 0. The van der Waals surface area contributed by atoms with Crippen LogP contribution in [0.25, 0.3) is 0 Å². The lowest BCUT2D eigenvalue weighted by atomic mass is 9.99. The van der Waals surface area contributed by atoms with E-state index in [1.54, 1.807) is 6.08 Å². The van der Waals surface area contributed by atoms with Gasteiger partial charge in [-0.1, -0.05) is 236 Å². The fraction of sp³-hybridized carbons (Fsp3) is 0.841. The second-order valence-corrected chi connectivity index (χ2v) is 21.4. The average Bonchev–Trinajstić information content (AvgIpc) is 3.40. The third-order valence-corrected chi connectivity index (χ3v) is 14.5. The van der Waals surface area contributed by atoms with Crippen LogP contribution in [0, 0.1) is 0 Å². The SMILES string of the molecule is CCCCC/C=C\C/C=C\CCCCCCCCCCCC(=O)OC1C(OCC(NC(=O)C(O)CCCCCCCC/C=C\CCCCCC)C(O)/C=C/CCCCCCCCCCCC)OC(CO)C(O)C1O. The molecule has 74 heavy (non-hydrogen) atoms. The second kappa shape index (κ2) is 51.4. The first-order valence-corrected chi connectivity index (χ1v) is 30.9. The van der Waals surface area contributed by atoms with Gasteiger partial charge in [-0.15, -0.1) is 0 Å². The van der Waals surface area contributed by atoms with Crippen LogP contribution >= 0.6 is 0 Å². The number of carbonyl (C=O) groups is 2. The van der Waals surface area contributed by atoms with Gasteiger partial charge in [0.1, 0.15) is 24.4 Å². The summed E-state index contributed by atoms with van der Waals surface area (Å²) < 4.78 is 17.6. The summed E-state index contributed by atoms with van der Waals surface area (Å²) in [5.41, 5.74) is 0. The molecule has 0 aromatic carbocycles. The lowest BCUT2D eigenvalue weighted by Gasteiger charge is -2.41. The number of rotatable bonds is 52. The topological polar surface area (TPSA) is 175 Å². The summed E-state index contributed by atoms with van der Waals surface area (Å²) >= 11 is 0. The molecule has 432 valence electrons. The van der Waals surface area contributed by atoms with Crippen molar-refractivity contribution in [2.24, 2.45) is 0 Å². The molecule has 1 heterocycles. The predicted octanol–water partition coefficient (Wildman–Crippen LogP) is 14.4. The maximum absolute atomic E-state index is 13.4. The van der Waals surface area contributed by atoms with Gasteiger partial charge in [-0.3, -0.25) is 9.59 Å². The molecule has 11 nitrogen and oxygen atoms in total. The molecule has 8 unspecified atom stereocenters. The summed E-state index contributed by atoms with van der Waals surface area (Å²) in [4.78, 5) is 26.5. The van der Waals surface area contributed by atoms with Crippen molar-refractivity contribution in [3.63, 3.8) is 0 Å². The highest BCUT2D eigenvalue weighted by Crippen LogP contribution is 2.26. The van der Waals surface area contributed by atoms with E-state index in [1.165, 1.54) is 148 Å². The Hall–Kier alpha value is -2.38. The molecule has 6 N–H and O–H groups in total. The number of nitrogens with one attached hydrogen (secondary N) is 1. The summed E-state index contributed by atoms with van der Waals surface area (Å²) in [6, 6.07) is -1.03. The molecular formula is C63H115NO10. The molecule has 0 aliphatic carbocycles. The number of hydrogen-bond acceptors (Lipinski definition) is 10. The van der Waals surface area contributed by atoms with Crippen LogP contribution in [0.4, 0.5) is 0 Å². The quantitative estimate of drug-likeness (QED) is 0.0195. The molecule has 1 fully saturated rings. The fourth-order valence-electron chi connectivity index (χ4n) is 9.50. The first-order chi connectivity index (χ1) is 36.2. The van der Waals surface area contributed by atoms with Crippen LogP contribution in [0.1, 0.15) is 278 Å². The minimum atomic E-state index is -1.61. The minimum absolute atomic E-state index is 0.119. The second-order valence-electron chi connectivity index (χ2n) is 21.4. The largest absolute Gasteiger partial charge is 0.454 e. The molecule has 11 heteroatoms. The van der Waals surface area contributed by atoms with Gasteiger partial charge < -0.3 is 45.1 Å². The van der Waals surface area contributed by atoms with E-state index in [0.717, 1.165) is 83.5 Å². The van der Waals surface area contributed by atoms with Crippen LogP contribution in [0.2, 0.25) is 0 Å². The van der Waals surface area contributed by atoms with E-state index in [1.807, 2.05) is 6.08 Å². The molecule has 1 aliphatic heterocycles. The summed E-state index contributed by atoms with van der Waals surface area (Å²) in [5.74, 6) is -1.20. The summed E-state index contributed by atoms with van der Waals surface area (Å²) in [6.07, 6.45) is 51.4. The van der Waals surface area contributed by atoms with Crippen molar-refractivity contribution in [3.8, 4) is 0 Å². The Labute approximate surface area is 453 Å². The van der Waals surface area contributed by atoms with Crippen molar-refractivity contribution in [3.05, 3.63) is 48.6 Å². The Kier molecular flexibility index (Phi) is 48.3. The molecule has 0 radical (unpaired) electrons. The van der Waals surface area contributed by atoms with Crippen molar-refractivity contribution in [1.29, 1.82) is 0 Å². The molecule has 1 saturated heterocycles. The van der Waals surface area contributed by atoms with Crippen LogP contribution in [0.5, 0.6) is 0 Å². The Morgan fingerprint density at radius 3 is 1.43 bits per heavy atom. The zero-order chi connectivity index (χ0) is 54.0. The van der Waals surface area contributed by atoms with Crippen molar-refractivity contribution in [2.45, 2.75) is 327 Å². The maximum atomic E-state index is 13.4. The molecule has 1 aliphatic rings. The third-order valence-electron chi connectivity index (χ3n) is 14.5. The van der Waals surface area contributed by atoms with E-state index in [9.17, 15) is 35.1 Å². The molecule has 1 rings (SSSR count). The number of allylic oxidation sites excluding steroid dienone is 7. The van der Waals surface area contributed by atoms with Crippen LogP contribution in [-0.4, -0.2) is 99.6 Å². The zero-order valence-corrected chi connectivity index (χ0v) is 47.7. The number of esters is 1. The fourth-order valence-corrected chi connectivity index (χ4v) is 9.50. The summed E-state index contributed by atoms with van der Waals surface area (Å²) in [6.45, 7) is 5.75. The molecule has 1 amide bonds. The molecule has 0 bridgehead atoms. The van der Waals surface area contributed by atoms with Gasteiger partial charge in [-0.25, -0.2) is 0 Å². The standard InChI is InChI=1S/C63H115NO10/c1-4-7-10-13-16-19-22-25-27-28-29-30-31-33-36-39-42-45-48-51-58(68)74-61-60(70)59(69)57(52-65)73-63(61)72-53-54(55(66)49-46-43-40-37-34-24-21-18-15-12-9-6-3)64-62(71)56(67)50-47-44-41-38-35-32-26-23-20-17-14-11-8-5-2/h16,19-20,23,25,27,46,49,54-57,59-61,63,65-67,69-70H,4-15,17-18,21-22,24,26,28-45,47-48,50-53H2,1-3H3,(H,64,71)/b19-16-,23-20-,27-25-,49-46+. The minimum Gasteiger partial charge on any atom is -0.454 e. The van der Waals surface area contributed by atoms with E-state index in [2.05, 4.69) is 62.5 Å². The van der Waals surface area contributed by atoms with Crippen LogP contribution in [-0.2, 0) is 23.8 Å². The Bertz CT molecular complexity index is 1390. The van der Waals surface area contributed by atoms with Gasteiger partial charge in [0.2, 0.25) is 5.91 Å². The summed E-state index contributed by atoms with van der Waals surface area (Å²) in [5, 5.41) is 56.9. The number of unbranched alkanes of at least 4 members (excludes halogenated alkanes) is 32. The van der Waals surface area contributed by atoms with E-state index in [0.29, 0.717) is 12.8 Å². The maximum Gasteiger partial charge on any atom is 0.306 e. The van der Waals surface area contributed by atoms with Crippen LogP contribution in [0.3, 0.4) is 0 Å². The van der Waals surface area contributed by atoms with E-state index in [4.69, 9.17) is 14.2 Å². The van der Waals surface area contributed by atoms with E-state index < -0.39 is 67.4 Å². The highest BCUT2D eigenvalue weighted by Gasteiger charge is 2.47. The Morgan fingerprint density at radius 1 is 0.527 bits per heavy atom. The Balaban J connectivity index is 2.68. The lowest BCUT2D eigenvalue weighted by molar-refractivity contribution is -0.305. The first-order valence-electron chi connectivity index (χ1n) is 30.9. The van der Waals surface area contributed by atoms with Gasteiger partial charge in [0.05, 0.1) is 25.4 Å². The molecule has 0 spiro atoms. The van der Waals surface area contributed by atoms with Gasteiger partial charge >= 0.3 is 5.97 Å². The highest BCUT2D eigenvalue weighted by molar-refractivity contribution is 5.80. The lowest BCUT2D eigenvalue weighted by Crippen LogP contribution is -2.61. The smallest absolute Gasteiger partial charge is 0.306 e. The zero-order valence-electron chi connectivity index (χ0n) is 47.7. The average molecular weight is 1050 g/mol. The van der Waals surface area contributed by atoms with Crippen molar-refractivity contribution in [1.82, 2.24) is 5.32 Å². The van der Waals surface area contributed by atoms with Gasteiger partial charge in [0.15, 0.2) is 12.4 Å². The molecular weight excluding hydrogens is 931 g/mol. The Morgan fingerprint density at radius 2 is 0.932 bits per heavy atom. The normalized spacial score (nSPS) is 19.6. The number of amides is 1. The molecule has 0 aromatic heterocycles. The van der Waals surface area contributed by atoms with Crippen molar-refractivity contribution >= 4 is 11.9 Å². The number of aliphatic hydroxyl groups is 5. The third kappa shape index (κ3) is 39.1. The first kappa shape index (κ1) is 69.6. The van der Waals surface area contributed by atoms with Crippen molar-refractivity contribution < 1.29 is 49.3 Å². The van der Waals surface area contributed by atoms with Crippen molar-refractivity contribution in [2.75, 3.05) is 13.2 Å². The monoisotopic (exact) mass is 1050 g/mol. The van der Waals surface area contributed by atoms with E-state index >= 15 is 0 Å². The van der Waals surface area contributed by atoms with Gasteiger partial charge in [0, 0.05) is 6.42 Å². The molecule has 0 aromatic rings. The number of hydrogen-bond donors (Lipinski definition) is 6. The van der Waals surface area contributed by atoms with Crippen LogP contribution in [0.15, 0.2) is 48.6 Å². The molecule has 0 saturated carbocycles. The van der Waals surface area contributed by atoms with Gasteiger partial charge in [-0.05, 0) is 83.5 Å². The van der Waals surface area contributed by atoms with E-state index in [-0.39, 0.29) is 19.4 Å². The number of carbonyl (C=O) groups excluding carboxylic acids is 2. The molecule has 8 atom stereocenters. The number of ether oxygens (including phenoxy) is 3. The highest BCUT2D eigenvalue weighted by atomic mass is 16.7. The van der Waals surface area contributed by atoms with Gasteiger partial charge in [0.25, 0.3) is 0 Å². The predicted molar refractivity (Wildman–Crippen MR) is 306 cm³/mol.